The highest BCUT2D eigenvalue weighted by atomic mass is 32.1. The number of thiazole rings is 1. The van der Waals surface area contributed by atoms with Crippen LogP contribution in [-0.4, -0.2) is 18.1 Å². The Morgan fingerprint density at radius 2 is 2.00 bits per heavy atom. The zero-order chi connectivity index (χ0) is 11.5. The predicted octanol–water partition coefficient (Wildman–Crippen LogP) is 2.91. The zero-order valence-electron chi connectivity index (χ0n) is 9.06. The van der Waals surface area contributed by atoms with Crippen LogP contribution in [0.15, 0.2) is 30.3 Å². The van der Waals surface area contributed by atoms with Crippen LogP contribution in [0.4, 0.5) is 0 Å². The van der Waals surface area contributed by atoms with E-state index in [0.717, 1.165) is 16.3 Å². The van der Waals surface area contributed by atoms with Crippen molar-refractivity contribution in [3.8, 4) is 10.6 Å². The van der Waals surface area contributed by atoms with Crippen molar-refractivity contribution in [3.05, 3.63) is 40.9 Å². The molecule has 0 atom stereocenters. The minimum atomic E-state index is -0.322. The molecule has 1 heterocycles. The maximum atomic E-state index is 11.4. The zero-order valence-corrected chi connectivity index (χ0v) is 9.88. The number of aryl methyl sites for hydroxylation is 1. The molecule has 0 bridgehead atoms. The molecule has 0 spiro atoms. The number of esters is 1. The number of aromatic nitrogens is 1. The molecule has 0 aliphatic carbocycles. The van der Waals surface area contributed by atoms with Gasteiger partial charge in [-0.3, -0.25) is 0 Å². The molecule has 0 unspecified atom stereocenters. The Labute approximate surface area is 97.7 Å². The van der Waals surface area contributed by atoms with Gasteiger partial charge in [0.1, 0.15) is 9.88 Å². The number of carbonyl (C=O) groups is 1. The van der Waals surface area contributed by atoms with Crippen LogP contribution in [-0.2, 0) is 4.74 Å². The molecule has 0 aliphatic rings. The summed E-state index contributed by atoms with van der Waals surface area (Å²) in [5.41, 5.74) is 1.74. The number of rotatable bonds is 2. The summed E-state index contributed by atoms with van der Waals surface area (Å²) in [6.07, 6.45) is 0. The molecule has 0 N–H and O–H groups in total. The molecular formula is C12H11NO2S. The highest BCUT2D eigenvalue weighted by Gasteiger charge is 2.15. The van der Waals surface area contributed by atoms with Crippen LogP contribution < -0.4 is 0 Å². The first-order valence-corrected chi connectivity index (χ1v) is 5.65. The first kappa shape index (κ1) is 10.8. The summed E-state index contributed by atoms with van der Waals surface area (Å²) in [5, 5.41) is 0.846. The van der Waals surface area contributed by atoms with Gasteiger partial charge in [0, 0.05) is 5.56 Å². The van der Waals surface area contributed by atoms with E-state index in [1.165, 1.54) is 18.4 Å². The molecule has 0 saturated heterocycles. The molecule has 2 rings (SSSR count). The average Bonchev–Trinajstić information content (AvgIpc) is 2.71. The number of ether oxygens (including phenoxy) is 1. The van der Waals surface area contributed by atoms with Gasteiger partial charge in [-0.1, -0.05) is 30.3 Å². The number of hydrogen-bond acceptors (Lipinski definition) is 4. The lowest BCUT2D eigenvalue weighted by Gasteiger charge is -1.93. The fourth-order valence-corrected chi connectivity index (χ4v) is 2.37. The maximum absolute atomic E-state index is 11.4. The SMILES string of the molecule is COC(=O)c1sc(-c2ccccc2)nc1C. The van der Waals surface area contributed by atoms with Gasteiger partial charge in [0.15, 0.2) is 0 Å². The number of methoxy groups -OCH3 is 1. The van der Waals surface area contributed by atoms with Crippen molar-refractivity contribution >= 4 is 17.3 Å². The van der Waals surface area contributed by atoms with Crippen molar-refractivity contribution in [2.75, 3.05) is 7.11 Å². The van der Waals surface area contributed by atoms with E-state index in [4.69, 9.17) is 4.74 Å². The standard InChI is InChI=1S/C12H11NO2S/c1-8-10(12(14)15-2)16-11(13-8)9-6-4-3-5-7-9/h3-7H,1-2H3. The van der Waals surface area contributed by atoms with Gasteiger partial charge in [-0.05, 0) is 6.92 Å². The Bertz CT molecular complexity index is 505. The molecule has 2 aromatic rings. The Morgan fingerprint density at radius 3 is 2.62 bits per heavy atom. The third-order valence-corrected chi connectivity index (χ3v) is 3.37. The van der Waals surface area contributed by atoms with E-state index >= 15 is 0 Å². The van der Waals surface area contributed by atoms with Gasteiger partial charge in [0.25, 0.3) is 0 Å². The molecule has 1 aromatic heterocycles. The molecule has 0 saturated carbocycles. The van der Waals surface area contributed by atoms with Crippen LogP contribution in [0, 0.1) is 6.92 Å². The van der Waals surface area contributed by atoms with Gasteiger partial charge in [-0.2, -0.15) is 0 Å². The molecule has 0 amide bonds. The number of benzene rings is 1. The fraction of sp³-hybridized carbons (Fsp3) is 0.167. The van der Waals surface area contributed by atoms with Gasteiger partial charge in [-0.15, -0.1) is 11.3 Å². The van der Waals surface area contributed by atoms with E-state index in [-0.39, 0.29) is 5.97 Å². The molecular weight excluding hydrogens is 222 g/mol. The molecule has 1 aromatic carbocycles. The molecule has 0 fully saturated rings. The predicted molar refractivity (Wildman–Crippen MR) is 63.6 cm³/mol. The first-order valence-electron chi connectivity index (χ1n) is 4.83. The highest BCUT2D eigenvalue weighted by Crippen LogP contribution is 2.27. The maximum Gasteiger partial charge on any atom is 0.349 e. The van der Waals surface area contributed by atoms with Crippen molar-refractivity contribution < 1.29 is 9.53 Å². The molecule has 0 aliphatic heterocycles. The number of carbonyl (C=O) groups excluding carboxylic acids is 1. The van der Waals surface area contributed by atoms with Crippen LogP contribution in [0.25, 0.3) is 10.6 Å². The summed E-state index contributed by atoms with van der Waals surface area (Å²) < 4.78 is 4.70. The second-order valence-electron chi connectivity index (χ2n) is 3.29. The molecule has 0 radical (unpaired) electrons. The summed E-state index contributed by atoms with van der Waals surface area (Å²) in [5.74, 6) is -0.322. The minimum Gasteiger partial charge on any atom is -0.465 e. The Balaban J connectivity index is 2.42. The van der Waals surface area contributed by atoms with E-state index in [0.29, 0.717) is 4.88 Å². The highest BCUT2D eigenvalue weighted by molar-refractivity contribution is 7.17. The molecule has 16 heavy (non-hydrogen) atoms. The third kappa shape index (κ3) is 1.97. The summed E-state index contributed by atoms with van der Waals surface area (Å²) in [6, 6.07) is 9.79. The largest absolute Gasteiger partial charge is 0.465 e. The van der Waals surface area contributed by atoms with Gasteiger partial charge in [-0.25, -0.2) is 9.78 Å². The molecule has 3 nitrogen and oxygen atoms in total. The summed E-state index contributed by atoms with van der Waals surface area (Å²) in [7, 11) is 1.38. The van der Waals surface area contributed by atoms with Crippen molar-refractivity contribution in [1.29, 1.82) is 0 Å². The molecule has 4 heteroatoms. The number of nitrogens with zero attached hydrogens (tertiary/aromatic N) is 1. The normalized spacial score (nSPS) is 10.1. The number of hydrogen-bond donors (Lipinski definition) is 0. The average molecular weight is 233 g/mol. The van der Waals surface area contributed by atoms with E-state index < -0.39 is 0 Å². The summed E-state index contributed by atoms with van der Waals surface area (Å²) in [4.78, 5) is 16.4. The van der Waals surface area contributed by atoms with E-state index in [1.54, 1.807) is 0 Å². The topological polar surface area (TPSA) is 39.2 Å². The Kier molecular flexibility index (Phi) is 3.01. The third-order valence-electron chi connectivity index (χ3n) is 2.19. The van der Waals surface area contributed by atoms with Gasteiger partial charge in [0.2, 0.25) is 0 Å². The van der Waals surface area contributed by atoms with Gasteiger partial charge in [0.05, 0.1) is 12.8 Å². The lowest BCUT2D eigenvalue weighted by atomic mass is 10.2. The second kappa shape index (κ2) is 4.45. The van der Waals surface area contributed by atoms with Crippen molar-refractivity contribution in [1.82, 2.24) is 4.98 Å². The lowest BCUT2D eigenvalue weighted by molar-refractivity contribution is 0.0605. The quantitative estimate of drug-likeness (QED) is 0.749. The van der Waals surface area contributed by atoms with Gasteiger partial charge >= 0.3 is 5.97 Å². The van der Waals surface area contributed by atoms with E-state index in [1.807, 2.05) is 37.3 Å². The summed E-state index contributed by atoms with van der Waals surface area (Å²) in [6.45, 7) is 1.81. The van der Waals surface area contributed by atoms with E-state index in [2.05, 4.69) is 4.98 Å². The smallest absolute Gasteiger partial charge is 0.349 e. The van der Waals surface area contributed by atoms with Crippen molar-refractivity contribution in [3.63, 3.8) is 0 Å². The second-order valence-corrected chi connectivity index (χ2v) is 4.29. The van der Waals surface area contributed by atoms with Crippen molar-refractivity contribution in [2.24, 2.45) is 0 Å². The van der Waals surface area contributed by atoms with Crippen LogP contribution in [0.2, 0.25) is 0 Å². The molecule has 82 valence electrons. The van der Waals surface area contributed by atoms with Crippen LogP contribution in [0.3, 0.4) is 0 Å². The van der Waals surface area contributed by atoms with Crippen LogP contribution in [0.1, 0.15) is 15.4 Å². The van der Waals surface area contributed by atoms with E-state index in [9.17, 15) is 4.79 Å². The minimum absolute atomic E-state index is 0.322. The summed E-state index contributed by atoms with van der Waals surface area (Å²) >= 11 is 1.36. The monoisotopic (exact) mass is 233 g/mol. The van der Waals surface area contributed by atoms with Crippen LogP contribution in [0.5, 0.6) is 0 Å². The van der Waals surface area contributed by atoms with Crippen molar-refractivity contribution in [2.45, 2.75) is 6.92 Å². The fourth-order valence-electron chi connectivity index (χ4n) is 1.38. The first-order chi connectivity index (χ1) is 7.72. The Morgan fingerprint density at radius 1 is 1.31 bits per heavy atom. The Hall–Kier alpha value is -1.68. The van der Waals surface area contributed by atoms with Crippen LogP contribution >= 0.6 is 11.3 Å². The lowest BCUT2D eigenvalue weighted by Crippen LogP contribution is -1.99. The van der Waals surface area contributed by atoms with Gasteiger partial charge < -0.3 is 4.74 Å².